The summed E-state index contributed by atoms with van der Waals surface area (Å²) in [4.78, 5) is 11.6. The van der Waals surface area contributed by atoms with E-state index in [2.05, 4.69) is 5.32 Å². The van der Waals surface area contributed by atoms with E-state index < -0.39 is 21.5 Å². The molecule has 0 bridgehead atoms. The Labute approximate surface area is 119 Å². The number of nitrogens with two attached hydrogens (primary N) is 1. The molecule has 7 heteroatoms. The number of carbonyl (C=O) groups is 1. The molecule has 112 valence electrons. The predicted molar refractivity (Wildman–Crippen MR) is 77.4 cm³/mol. The lowest BCUT2D eigenvalue weighted by Crippen LogP contribution is -2.31. The first-order chi connectivity index (χ1) is 9.40. The lowest BCUT2D eigenvalue weighted by Gasteiger charge is -2.10. The number of hydrogen-bond acceptors (Lipinski definition) is 5. The minimum Gasteiger partial charge on any atom is -0.495 e. The van der Waals surface area contributed by atoms with Crippen LogP contribution in [0.3, 0.4) is 0 Å². The zero-order valence-corrected chi connectivity index (χ0v) is 12.5. The molecule has 0 radical (unpaired) electrons. The normalized spacial score (nSPS) is 11.1. The van der Waals surface area contributed by atoms with Crippen molar-refractivity contribution in [3.05, 3.63) is 18.2 Å². The monoisotopic (exact) mass is 300 g/mol. The van der Waals surface area contributed by atoms with Crippen LogP contribution in [0.25, 0.3) is 0 Å². The zero-order chi connectivity index (χ0) is 15.2. The Kier molecular flexibility index (Phi) is 5.82. The Morgan fingerprint density at radius 1 is 1.40 bits per heavy atom. The third kappa shape index (κ3) is 4.41. The molecule has 1 aromatic rings. The highest BCUT2D eigenvalue weighted by Gasteiger charge is 2.23. The van der Waals surface area contributed by atoms with Gasteiger partial charge in [0.2, 0.25) is 5.91 Å². The first-order valence-corrected chi connectivity index (χ1v) is 7.99. The van der Waals surface area contributed by atoms with Gasteiger partial charge in [-0.05, 0) is 18.6 Å². The van der Waals surface area contributed by atoms with Crippen LogP contribution in [-0.2, 0) is 14.6 Å². The molecule has 0 heterocycles. The van der Waals surface area contributed by atoms with E-state index in [-0.39, 0.29) is 10.6 Å². The van der Waals surface area contributed by atoms with E-state index in [1.165, 1.54) is 25.3 Å². The van der Waals surface area contributed by atoms with Gasteiger partial charge >= 0.3 is 0 Å². The Bertz CT molecular complexity index is 570. The van der Waals surface area contributed by atoms with Gasteiger partial charge in [-0.15, -0.1) is 0 Å². The molecule has 0 saturated carbocycles. The summed E-state index contributed by atoms with van der Waals surface area (Å²) in [5, 5.41) is 2.57. The highest BCUT2D eigenvalue weighted by Crippen LogP contribution is 2.26. The average molecular weight is 300 g/mol. The van der Waals surface area contributed by atoms with Crippen molar-refractivity contribution in [2.24, 2.45) is 0 Å². The molecule has 1 rings (SSSR count). The standard InChI is InChI=1S/C13H20N2O4S/c1-3-4-7-15-13(16)9-20(17,18)12-6-5-10(14)8-11(12)19-2/h5-6,8H,3-4,7,9,14H2,1-2H3,(H,15,16). The summed E-state index contributed by atoms with van der Waals surface area (Å²) in [5.41, 5.74) is 5.97. The summed E-state index contributed by atoms with van der Waals surface area (Å²) in [6.45, 7) is 2.46. The van der Waals surface area contributed by atoms with Gasteiger partial charge in [0.15, 0.2) is 9.84 Å². The van der Waals surface area contributed by atoms with E-state index >= 15 is 0 Å². The number of carbonyl (C=O) groups excluding carboxylic acids is 1. The largest absolute Gasteiger partial charge is 0.495 e. The van der Waals surface area contributed by atoms with Crippen molar-refractivity contribution >= 4 is 21.4 Å². The molecule has 0 atom stereocenters. The van der Waals surface area contributed by atoms with Gasteiger partial charge in [0.25, 0.3) is 0 Å². The molecule has 0 saturated heterocycles. The third-order valence-corrected chi connectivity index (χ3v) is 4.35. The van der Waals surface area contributed by atoms with Crippen LogP contribution in [-0.4, -0.2) is 33.7 Å². The fraction of sp³-hybridized carbons (Fsp3) is 0.462. The minimum atomic E-state index is -3.75. The predicted octanol–water partition coefficient (Wildman–Crippen LogP) is 0.967. The summed E-state index contributed by atoms with van der Waals surface area (Å²) in [6.07, 6.45) is 1.75. The molecular weight excluding hydrogens is 280 g/mol. The number of sulfone groups is 1. The molecular formula is C13H20N2O4S. The van der Waals surface area contributed by atoms with Gasteiger partial charge in [-0.1, -0.05) is 13.3 Å². The van der Waals surface area contributed by atoms with E-state index in [0.717, 1.165) is 12.8 Å². The Morgan fingerprint density at radius 3 is 2.70 bits per heavy atom. The molecule has 0 spiro atoms. The van der Waals surface area contributed by atoms with Crippen LogP contribution in [0.15, 0.2) is 23.1 Å². The molecule has 1 amide bonds. The van der Waals surface area contributed by atoms with Crippen LogP contribution < -0.4 is 15.8 Å². The molecule has 0 aliphatic carbocycles. The van der Waals surface area contributed by atoms with Crippen LogP contribution in [0.5, 0.6) is 5.75 Å². The number of methoxy groups -OCH3 is 1. The quantitative estimate of drug-likeness (QED) is 0.577. The van der Waals surface area contributed by atoms with Gasteiger partial charge in [-0.2, -0.15) is 0 Å². The Balaban J connectivity index is 2.86. The number of rotatable bonds is 7. The summed E-state index contributed by atoms with van der Waals surface area (Å²) in [6, 6.07) is 4.23. The van der Waals surface area contributed by atoms with Crippen molar-refractivity contribution in [3.63, 3.8) is 0 Å². The zero-order valence-electron chi connectivity index (χ0n) is 11.7. The number of benzene rings is 1. The molecule has 0 aliphatic heterocycles. The van der Waals surface area contributed by atoms with Gasteiger partial charge in [0.05, 0.1) is 7.11 Å². The van der Waals surface area contributed by atoms with E-state index in [9.17, 15) is 13.2 Å². The first kappa shape index (κ1) is 16.3. The number of anilines is 1. The number of hydrogen-bond donors (Lipinski definition) is 2. The summed E-state index contributed by atoms with van der Waals surface area (Å²) in [5.74, 6) is -0.972. The highest BCUT2D eigenvalue weighted by atomic mass is 32.2. The molecule has 3 N–H and O–H groups in total. The summed E-state index contributed by atoms with van der Waals surface area (Å²) < 4.78 is 29.4. The lowest BCUT2D eigenvalue weighted by molar-refractivity contribution is -0.118. The summed E-state index contributed by atoms with van der Waals surface area (Å²) >= 11 is 0. The molecule has 6 nitrogen and oxygen atoms in total. The average Bonchev–Trinajstić information content (AvgIpc) is 2.37. The number of nitrogens with one attached hydrogen (secondary N) is 1. The number of amides is 1. The SMILES string of the molecule is CCCCNC(=O)CS(=O)(=O)c1ccc(N)cc1OC. The smallest absolute Gasteiger partial charge is 0.235 e. The van der Waals surface area contributed by atoms with Gasteiger partial charge in [-0.3, -0.25) is 4.79 Å². The molecule has 1 aromatic carbocycles. The number of nitrogen functional groups attached to an aromatic ring is 1. The first-order valence-electron chi connectivity index (χ1n) is 6.33. The molecule has 0 unspecified atom stereocenters. The van der Waals surface area contributed by atoms with Crippen molar-refractivity contribution in [1.29, 1.82) is 0 Å². The van der Waals surface area contributed by atoms with Crippen molar-refractivity contribution in [3.8, 4) is 5.75 Å². The second kappa shape index (κ2) is 7.14. The van der Waals surface area contributed by atoms with Crippen LogP contribution in [0.1, 0.15) is 19.8 Å². The Hall–Kier alpha value is -1.76. The van der Waals surface area contributed by atoms with E-state index in [1.54, 1.807) is 0 Å². The maximum atomic E-state index is 12.2. The fourth-order valence-corrected chi connectivity index (χ4v) is 2.97. The van der Waals surface area contributed by atoms with E-state index in [4.69, 9.17) is 10.5 Å². The maximum absolute atomic E-state index is 12.2. The molecule has 0 aromatic heterocycles. The second-order valence-corrected chi connectivity index (χ2v) is 6.33. The molecule has 20 heavy (non-hydrogen) atoms. The van der Waals surface area contributed by atoms with Crippen molar-refractivity contribution in [1.82, 2.24) is 5.32 Å². The van der Waals surface area contributed by atoms with E-state index in [0.29, 0.717) is 12.2 Å². The van der Waals surface area contributed by atoms with Crippen molar-refractivity contribution < 1.29 is 17.9 Å². The highest BCUT2D eigenvalue weighted by molar-refractivity contribution is 7.92. The van der Waals surface area contributed by atoms with Crippen LogP contribution in [0, 0.1) is 0 Å². The maximum Gasteiger partial charge on any atom is 0.235 e. The molecule has 0 fully saturated rings. The van der Waals surface area contributed by atoms with Gasteiger partial charge < -0.3 is 15.8 Å². The van der Waals surface area contributed by atoms with Crippen LogP contribution in [0.4, 0.5) is 5.69 Å². The van der Waals surface area contributed by atoms with Crippen LogP contribution >= 0.6 is 0 Å². The number of unbranched alkanes of at least 4 members (excludes halogenated alkanes) is 1. The summed E-state index contributed by atoms with van der Waals surface area (Å²) in [7, 11) is -2.39. The topological polar surface area (TPSA) is 98.5 Å². The van der Waals surface area contributed by atoms with Crippen molar-refractivity contribution in [2.75, 3.05) is 25.1 Å². The minimum absolute atomic E-state index is 0.0279. The van der Waals surface area contributed by atoms with Crippen molar-refractivity contribution in [2.45, 2.75) is 24.7 Å². The van der Waals surface area contributed by atoms with Gasteiger partial charge in [0, 0.05) is 18.3 Å². The second-order valence-electron chi connectivity index (χ2n) is 4.37. The van der Waals surface area contributed by atoms with Gasteiger partial charge in [0.1, 0.15) is 16.4 Å². The van der Waals surface area contributed by atoms with E-state index in [1.807, 2.05) is 6.92 Å². The fourth-order valence-electron chi connectivity index (χ4n) is 1.65. The number of ether oxygens (including phenoxy) is 1. The van der Waals surface area contributed by atoms with Gasteiger partial charge in [-0.25, -0.2) is 8.42 Å². The van der Waals surface area contributed by atoms with Crippen LogP contribution in [0.2, 0.25) is 0 Å². The third-order valence-electron chi connectivity index (χ3n) is 2.70. The Morgan fingerprint density at radius 2 is 2.10 bits per heavy atom. The molecule has 0 aliphatic rings. The lowest BCUT2D eigenvalue weighted by atomic mass is 10.3.